The first-order valence-electron chi connectivity index (χ1n) is 19.7. The molecule has 0 aliphatic rings. The smallest absolute Gasteiger partial charge is 0.303 e. The molecule has 21 nitrogen and oxygen atoms in total. The molecule has 0 heterocycles. The average molecular weight is 849 g/mol. The quantitative estimate of drug-likeness (QED) is 0.0267. The number of aliphatic hydroxyl groups excluding tert-OH is 1. The largest absolute Gasteiger partial charge is 0.508 e. The second-order valence-electron chi connectivity index (χ2n) is 15.5. The highest BCUT2D eigenvalue weighted by atomic mass is 16.4. The molecule has 8 atom stereocenters. The lowest BCUT2D eigenvalue weighted by molar-refractivity contribution is -0.139. The molecule has 336 valence electrons. The number of guanidine groups is 1. The van der Waals surface area contributed by atoms with E-state index in [0.717, 1.165) is 0 Å². The summed E-state index contributed by atoms with van der Waals surface area (Å²) < 4.78 is 0. The lowest BCUT2D eigenvalue weighted by Gasteiger charge is -2.29. The number of nitrogens with one attached hydrogen (secondary N) is 6. The van der Waals surface area contributed by atoms with Crippen molar-refractivity contribution in [3.05, 3.63) is 29.8 Å². The van der Waals surface area contributed by atoms with Gasteiger partial charge in [0.25, 0.3) is 0 Å². The summed E-state index contributed by atoms with van der Waals surface area (Å²) >= 11 is 0. The van der Waals surface area contributed by atoms with Crippen molar-refractivity contribution in [1.82, 2.24) is 31.9 Å². The number of aliphatic hydroxyl groups is 1. The number of nitrogens with zero attached hydrogens (tertiary/aromatic N) is 1. The van der Waals surface area contributed by atoms with Gasteiger partial charge in [0, 0.05) is 19.4 Å². The normalized spacial score (nSPS) is 15.1. The Morgan fingerprint density at radius 1 is 0.683 bits per heavy atom. The number of carbonyl (C=O) groups excluding carboxylic acids is 7. The Morgan fingerprint density at radius 2 is 1.20 bits per heavy atom. The molecule has 1 rings (SSSR count). The van der Waals surface area contributed by atoms with Crippen molar-refractivity contribution in [2.75, 3.05) is 6.54 Å². The van der Waals surface area contributed by atoms with Gasteiger partial charge in [-0.15, -0.1) is 0 Å². The molecule has 0 bridgehead atoms. The molecular weight excluding hydrogens is 784 g/mol. The van der Waals surface area contributed by atoms with Gasteiger partial charge in [-0.3, -0.25) is 43.3 Å². The first-order valence-corrected chi connectivity index (χ1v) is 19.7. The lowest BCUT2D eigenvalue weighted by Crippen LogP contribution is -2.62. The van der Waals surface area contributed by atoms with E-state index in [1.165, 1.54) is 45.0 Å². The van der Waals surface area contributed by atoms with E-state index in [9.17, 15) is 53.7 Å². The number of ketones is 1. The number of phenolic OH excluding ortho intramolecular Hbond substituents is 1. The number of hydrogen-bond acceptors (Lipinski definition) is 12. The number of aliphatic carboxylic acids is 1. The second-order valence-corrected chi connectivity index (χ2v) is 15.5. The first-order chi connectivity index (χ1) is 27.9. The highest BCUT2D eigenvalue weighted by molar-refractivity contribution is 5.97. The number of aliphatic imine (C=N–C) groups is 1. The molecule has 0 saturated heterocycles. The van der Waals surface area contributed by atoms with Gasteiger partial charge in [-0.2, -0.15) is 0 Å². The van der Waals surface area contributed by atoms with Gasteiger partial charge in [0.1, 0.15) is 36.0 Å². The number of carboxylic acids is 1. The van der Waals surface area contributed by atoms with Gasteiger partial charge in [0.15, 0.2) is 11.7 Å². The maximum absolute atomic E-state index is 13.8. The van der Waals surface area contributed by atoms with Crippen LogP contribution in [0.15, 0.2) is 29.3 Å². The monoisotopic (exact) mass is 848 g/mol. The van der Waals surface area contributed by atoms with E-state index in [-0.39, 0.29) is 49.2 Å². The van der Waals surface area contributed by atoms with Crippen LogP contribution in [0.3, 0.4) is 0 Å². The zero-order chi connectivity index (χ0) is 45.9. The molecule has 6 amide bonds. The van der Waals surface area contributed by atoms with Crippen LogP contribution in [0.5, 0.6) is 5.75 Å². The molecule has 1 aromatic rings. The van der Waals surface area contributed by atoms with E-state index in [1.807, 2.05) is 0 Å². The molecule has 15 N–H and O–H groups in total. The summed E-state index contributed by atoms with van der Waals surface area (Å²) in [7, 11) is 0. The highest BCUT2D eigenvalue weighted by Gasteiger charge is 2.36. The van der Waals surface area contributed by atoms with Crippen LogP contribution in [-0.2, 0) is 44.8 Å². The Kier molecular flexibility index (Phi) is 22.3. The van der Waals surface area contributed by atoms with E-state index in [2.05, 4.69) is 36.9 Å². The number of nitrogens with two attached hydrogens (primary N) is 3. The van der Waals surface area contributed by atoms with Crippen molar-refractivity contribution in [2.24, 2.45) is 34.0 Å². The van der Waals surface area contributed by atoms with Crippen LogP contribution in [0.2, 0.25) is 0 Å². The van der Waals surface area contributed by atoms with Crippen molar-refractivity contribution >= 4 is 53.2 Å². The van der Waals surface area contributed by atoms with E-state index in [1.54, 1.807) is 27.7 Å². The molecule has 21 heteroatoms. The first kappa shape index (κ1) is 52.2. The van der Waals surface area contributed by atoms with Crippen LogP contribution in [0.25, 0.3) is 0 Å². The Hall–Kier alpha value is -5.83. The maximum Gasteiger partial charge on any atom is 0.303 e. The van der Waals surface area contributed by atoms with Gasteiger partial charge in [-0.1, -0.05) is 39.8 Å². The zero-order valence-electron chi connectivity index (χ0n) is 35.3. The molecule has 0 fully saturated rings. The molecule has 0 aliphatic heterocycles. The molecule has 1 aromatic carbocycles. The highest BCUT2D eigenvalue weighted by Crippen LogP contribution is 2.13. The topological polar surface area (TPSA) is 360 Å². The third kappa shape index (κ3) is 19.3. The number of amides is 6. The van der Waals surface area contributed by atoms with Crippen LogP contribution in [0.1, 0.15) is 86.1 Å². The Labute approximate surface area is 349 Å². The van der Waals surface area contributed by atoms with Crippen LogP contribution in [0.4, 0.5) is 0 Å². The number of rotatable bonds is 26. The van der Waals surface area contributed by atoms with Gasteiger partial charge >= 0.3 is 5.97 Å². The number of carbonyl (C=O) groups is 8. The standard InChI is InChI=1S/C39H64N10O11/c1-19(2)17-28(35(57)44-21(5)22(6)50)47-34(56)27(14-15-30(53)54)45-37(59)31(20(3)4)48-38(60)32(23(7)51)49-36(58)29(18-24-10-12-25(52)13-11-24)46-33(55)26(40)9-8-16-43-39(41)42/h10-13,19-21,23,26-29,31-32,51-52H,8-9,14-18,40H2,1-7H3,(H,44,57)(H,45,59)(H,46,55)(H,47,56)(H,48,60)(H,49,58)(H,53,54)(H4,41,42,43)/t21-,23?,26-,27-,28-,29-,31-,32-/m1/s1. The number of hydrogen-bond donors (Lipinski definition) is 12. The summed E-state index contributed by atoms with van der Waals surface area (Å²) in [4.78, 5) is 108. The maximum atomic E-state index is 13.8. The number of phenols is 1. The predicted octanol–water partition coefficient (Wildman–Crippen LogP) is -2.22. The van der Waals surface area contributed by atoms with E-state index < -0.39 is 109 Å². The van der Waals surface area contributed by atoms with Gasteiger partial charge in [0.05, 0.1) is 18.2 Å². The third-order valence-corrected chi connectivity index (χ3v) is 9.21. The van der Waals surface area contributed by atoms with Gasteiger partial charge in [-0.25, -0.2) is 0 Å². The fourth-order valence-corrected chi connectivity index (χ4v) is 5.63. The van der Waals surface area contributed by atoms with Crippen LogP contribution < -0.4 is 49.1 Å². The van der Waals surface area contributed by atoms with Crippen LogP contribution >= 0.6 is 0 Å². The second kappa shape index (κ2) is 25.6. The predicted molar refractivity (Wildman–Crippen MR) is 220 cm³/mol. The summed E-state index contributed by atoms with van der Waals surface area (Å²) in [6.45, 7) is 10.9. The van der Waals surface area contributed by atoms with E-state index >= 15 is 0 Å². The third-order valence-electron chi connectivity index (χ3n) is 9.21. The molecular formula is C39H64N10O11. The Morgan fingerprint density at radius 3 is 1.72 bits per heavy atom. The van der Waals surface area contributed by atoms with E-state index in [4.69, 9.17) is 17.2 Å². The van der Waals surface area contributed by atoms with Crippen LogP contribution in [-0.4, -0.2) is 123 Å². The molecule has 0 aromatic heterocycles. The molecule has 1 unspecified atom stereocenters. The molecule has 0 saturated carbocycles. The minimum Gasteiger partial charge on any atom is -0.508 e. The summed E-state index contributed by atoms with van der Waals surface area (Å²) in [5.74, 6) is -7.64. The molecule has 0 radical (unpaired) electrons. The van der Waals surface area contributed by atoms with Crippen molar-refractivity contribution in [3.63, 3.8) is 0 Å². The zero-order valence-corrected chi connectivity index (χ0v) is 35.3. The fourth-order valence-electron chi connectivity index (χ4n) is 5.63. The summed E-state index contributed by atoms with van der Waals surface area (Å²) in [6, 6.07) is -3.21. The van der Waals surface area contributed by atoms with Gasteiger partial charge in [-0.05, 0) is 76.0 Å². The number of aromatic hydroxyl groups is 1. The molecule has 0 spiro atoms. The lowest BCUT2D eigenvalue weighted by atomic mass is 9.99. The Bertz CT molecular complexity index is 1670. The minimum absolute atomic E-state index is 0.0476. The van der Waals surface area contributed by atoms with E-state index in [0.29, 0.717) is 12.0 Å². The average Bonchev–Trinajstić information content (AvgIpc) is 3.15. The van der Waals surface area contributed by atoms with Gasteiger partial charge in [0.2, 0.25) is 35.4 Å². The molecule has 60 heavy (non-hydrogen) atoms. The van der Waals surface area contributed by atoms with Crippen molar-refractivity contribution in [1.29, 1.82) is 0 Å². The summed E-state index contributed by atoms with van der Waals surface area (Å²) in [5, 5.41) is 44.8. The number of Topliss-reactive ketones (excluding diaryl/α,β-unsaturated/α-hetero) is 1. The SMILES string of the molecule is CC(=O)[C@@H](C)NC(=O)[C@@H](CC(C)C)NC(=O)[C@@H](CCC(=O)O)NC(=O)[C@H](NC(=O)[C@H](NC(=O)[C@@H](Cc1ccc(O)cc1)NC(=O)[C@H](N)CCCN=C(N)N)C(C)O)C(C)C. The Balaban J connectivity index is 3.31. The minimum atomic E-state index is -1.68. The fraction of sp³-hybridized carbons (Fsp3) is 0.615. The van der Waals surface area contributed by atoms with Crippen molar-refractivity contribution in [3.8, 4) is 5.75 Å². The van der Waals surface area contributed by atoms with Gasteiger partial charge < -0.3 is 64.4 Å². The number of carboxylic acid groups (broad SMARTS) is 1. The van der Waals surface area contributed by atoms with Crippen LogP contribution in [0, 0.1) is 11.8 Å². The molecule has 0 aliphatic carbocycles. The van der Waals surface area contributed by atoms with Crippen molar-refractivity contribution in [2.45, 2.75) is 135 Å². The number of benzene rings is 1. The summed E-state index contributed by atoms with van der Waals surface area (Å²) in [5.41, 5.74) is 17.2. The summed E-state index contributed by atoms with van der Waals surface area (Å²) in [6.07, 6.45) is -1.98. The van der Waals surface area contributed by atoms with Crippen molar-refractivity contribution < 1.29 is 53.7 Å².